The molecule has 44 heteroatoms. The number of unbranched alkanes of at least 4 members (excludes halogenated alkanes) is 2. The van der Waals surface area contributed by atoms with E-state index in [2.05, 4.69) is 78.4 Å². The highest BCUT2D eigenvalue weighted by molar-refractivity contribution is 8.00. The topological polar surface area (TPSA) is 641 Å². The number of carbonyl (C=O) groups is 17. The number of phenols is 1. The van der Waals surface area contributed by atoms with Crippen molar-refractivity contribution in [3.63, 3.8) is 0 Å². The van der Waals surface area contributed by atoms with Gasteiger partial charge in [0.25, 0.3) is 0 Å². The number of hydrogen-bond donors (Lipinski definition) is 20. The maximum Gasteiger partial charge on any atom is 0.246 e. The van der Waals surface area contributed by atoms with Crippen LogP contribution in [0.1, 0.15) is 119 Å². The first-order valence-corrected chi connectivity index (χ1v) is 46.2. The second-order valence-electron chi connectivity index (χ2n) is 33.9. The molecule has 0 saturated carbocycles. The Bertz CT molecular complexity index is 5390. The van der Waals surface area contributed by atoms with E-state index in [0.717, 1.165) is 36.3 Å². The Hall–Kier alpha value is -14.5. The van der Waals surface area contributed by atoms with Gasteiger partial charge in [-0.05, 0) is 92.0 Å². The Balaban J connectivity index is 1.10. The number of thioether (sulfide) groups is 1. The number of hydrogen-bond acceptors (Lipinski definition) is 22. The minimum absolute atomic E-state index is 0.00507. The smallest absolute Gasteiger partial charge is 0.246 e. The normalized spacial score (nSPS) is 23.1. The zero-order valence-corrected chi connectivity index (χ0v) is 77.9. The number of rotatable bonds is 26. The molecular weight excluding hydrogens is 1780 g/mol. The molecule has 3 aromatic heterocycles. The van der Waals surface area contributed by atoms with Gasteiger partial charge in [0.1, 0.15) is 84.3 Å². The molecule has 5 heterocycles. The molecule has 2 fully saturated rings. The number of imidazole rings is 1. The van der Waals surface area contributed by atoms with Gasteiger partial charge < -0.3 is 125 Å². The van der Waals surface area contributed by atoms with Crippen molar-refractivity contribution in [3.8, 4) is 5.75 Å². The third kappa shape index (κ3) is 30.0. The average molecular weight is 1900 g/mol. The van der Waals surface area contributed by atoms with E-state index in [1.54, 1.807) is 91.3 Å². The summed E-state index contributed by atoms with van der Waals surface area (Å²) in [6.07, 6.45) is 5.38. The van der Waals surface area contributed by atoms with E-state index >= 15 is 33.6 Å². The fraction of sp³-hybridized carbons (Fsp3) is 0.467. The highest BCUT2D eigenvalue weighted by atomic mass is 32.2. The number of nitrogens with one attached hydrogen (secondary N) is 15. The molecule has 13 unspecified atom stereocenters. The largest absolute Gasteiger partial charge is 0.508 e. The standard InChI is InChI=1S/C92H124N24O19S/c1-8-10-28-72-85(129)105-63(27-19-35-98-92(95)96)81(125)111-71(80(124)101-46-76(94)120)49-136-50-78(122)104-67(37-53-21-13-12-14-22-53)88(132)113(5)52(3)79(123)107-69(42-75(93)119)90(134)116-36-20-30-73(116)86(130)106-65(41-57-45-97-51-102-57)83(127)108-66(38-54-31-33-58(118)34-32-54)87(131)112(4)47-77(121)103-64(39-55-43-99-61-25-17-15-23-59(55)61)82(126)110-70(48-117)84(128)109-68(40-56-44-100-62-26-18-16-24-60(56)62)89(133)115(7)74(29-11-9-2)91(135)114(72)6/h12-18,21-26,31-34,43-45,51-52,63-74,99-100,117-118H,8-11,19-20,27-30,35-42,46-50H2,1-7H3,(H2,93,119)(H2,94,120)(H,97,102)(H,101,124)(H,103,121)(H,104,122)(H,105,129)(H,106,130)(H,107,123)(H,108,127)(H,109,128)(H,110,126)(H,111,125)(H4,95,96,98). The molecular formula is C92H124N24O19S. The van der Waals surface area contributed by atoms with Crippen molar-refractivity contribution < 1.29 is 91.7 Å². The predicted octanol–water partition coefficient (Wildman–Crippen LogP) is -2.24. The number of amides is 17. The Labute approximate surface area is 789 Å². The number of aromatic nitrogens is 4. The van der Waals surface area contributed by atoms with Crippen LogP contribution >= 0.6 is 11.8 Å². The Morgan fingerprint density at radius 3 is 1.62 bits per heavy atom. The SMILES string of the molecule is CCCCC1C(=O)N(C)C(CCCC)C(=O)NC(CCCNC(=N)N)C(=O)NC(C(=O)NCC(N)=O)CSCC(=O)NC(Cc2ccccc2)C(=O)N(C)C(C)C(=O)NC(CC(N)=O)C(=O)N2CCCC2C(=O)NC(Cc2cnc[nH]2)C(=O)NC(Cc2ccc(O)cc2)C(=O)N(C)CC(=O)NC(Cc2c[nH]c3ccccc23)C(=O)NC(CO)C(=O)NC(Cc2c[nH]c3ccccc23)C(=O)N1C. The van der Waals surface area contributed by atoms with Crippen LogP contribution in [0.25, 0.3) is 21.8 Å². The molecule has 23 N–H and O–H groups in total. The molecule has 9 rings (SSSR count). The number of benzene rings is 4. The number of nitrogens with zero attached hydrogens (tertiary/aromatic N) is 6. The fourth-order valence-corrected chi connectivity index (χ4v) is 17.0. The molecule has 13 atom stereocenters. The first kappa shape index (κ1) is 105. The number of para-hydroxylation sites is 2. The van der Waals surface area contributed by atoms with Crippen molar-refractivity contribution in [2.24, 2.45) is 17.2 Å². The van der Waals surface area contributed by atoms with E-state index in [9.17, 15) is 58.2 Å². The predicted molar refractivity (Wildman–Crippen MR) is 502 cm³/mol. The summed E-state index contributed by atoms with van der Waals surface area (Å²) >= 11 is 0.788. The van der Waals surface area contributed by atoms with Gasteiger partial charge in [-0.1, -0.05) is 118 Å². The zero-order chi connectivity index (χ0) is 99.0. The van der Waals surface area contributed by atoms with Gasteiger partial charge in [0.05, 0.1) is 38.2 Å². The molecule has 0 aliphatic carbocycles. The molecule has 43 nitrogen and oxygen atoms in total. The minimum Gasteiger partial charge on any atom is -0.508 e. The number of guanidine groups is 1. The summed E-state index contributed by atoms with van der Waals surface area (Å²) in [6, 6.07) is 7.89. The van der Waals surface area contributed by atoms with Crippen LogP contribution in [0.5, 0.6) is 5.75 Å². The Kier molecular flexibility index (Phi) is 39.6. The number of fused-ring (bicyclic) bond motifs is 3. The van der Waals surface area contributed by atoms with E-state index in [-0.39, 0.29) is 89.5 Å². The van der Waals surface area contributed by atoms with Gasteiger partial charge in [-0.3, -0.25) is 86.9 Å². The minimum atomic E-state index is -1.88. The molecule has 0 bridgehead atoms. The summed E-state index contributed by atoms with van der Waals surface area (Å²) in [6.45, 7) is 2.23. The molecule has 17 amide bonds. The summed E-state index contributed by atoms with van der Waals surface area (Å²) in [5.41, 5.74) is 20.3. The van der Waals surface area contributed by atoms with E-state index in [1.165, 1.54) is 71.9 Å². The Morgan fingerprint density at radius 1 is 0.507 bits per heavy atom. The van der Waals surface area contributed by atoms with Gasteiger partial charge in [0.2, 0.25) is 100 Å². The van der Waals surface area contributed by atoms with Crippen LogP contribution in [0, 0.1) is 5.41 Å². The lowest BCUT2D eigenvalue weighted by Crippen LogP contribution is -2.61. The molecule has 0 radical (unpaired) electrons. The summed E-state index contributed by atoms with van der Waals surface area (Å²) in [7, 11) is 5.18. The van der Waals surface area contributed by atoms with Crippen molar-refractivity contribution in [2.45, 2.75) is 202 Å². The first-order valence-electron chi connectivity index (χ1n) is 45.0. The number of phenolic OH excluding ortho intramolecular Hbond substituents is 1. The number of likely N-dealkylation sites (N-methyl/N-ethyl adjacent to an activating group) is 4. The molecule has 136 heavy (non-hydrogen) atoms. The van der Waals surface area contributed by atoms with Crippen molar-refractivity contribution in [2.75, 3.05) is 72.5 Å². The van der Waals surface area contributed by atoms with E-state index in [1.807, 2.05) is 13.8 Å². The van der Waals surface area contributed by atoms with Crippen molar-refractivity contribution >= 4 is 140 Å². The summed E-state index contributed by atoms with van der Waals surface area (Å²) in [4.78, 5) is 268. The van der Waals surface area contributed by atoms with Gasteiger partial charge in [-0.25, -0.2) is 4.98 Å². The molecule has 0 spiro atoms. The lowest BCUT2D eigenvalue weighted by atomic mass is 10.00. The summed E-state index contributed by atoms with van der Waals surface area (Å²) < 4.78 is 0. The Morgan fingerprint density at radius 2 is 1.03 bits per heavy atom. The lowest BCUT2D eigenvalue weighted by molar-refractivity contribution is -0.149. The lowest BCUT2D eigenvalue weighted by Gasteiger charge is -2.36. The molecule has 2 aliphatic heterocycles. The molecule has 4 aromatic carbocycles. The van der Waals surface area contributed by atoms with Crippen LogP contribution < -0.4 is 75.7 Å². The van der Waals surface area contributed by atoms with Crippen LogP contribution in [-0.2, 0) is 114 Å². The maximum atomic E-state index is 15.7. The van der Waals surface area contributed by atoms with Crippen LogP contribution in [0.3, 0.4) is 0 Å². The van der Waals surface area contributed by atoms with Gasteiger partial charge >= 0.3 is 0 Å². The second-order valence-corrected chi connectivity index (χ2v) is 34.9. The van der Waals surface area contributed by atoms with E-state index in [4.69, 9.17) is 22.6 Å². The fourth-order valence-electron chi connectivity index (χ4n) is 16.2. The molecule has 2 saturated heterocycles. The van der Waals surface area contributed by atoms with Crippen molar-refractivity contribution in [1.82, 2.24) is 103 Å². The van der Waals surface area contributed by atoms with Crippen LogP contribution in [0.2, 0.25) is 0 Å². The van der Waals surface area contributed by atoms with Gasteiger partial charge in [0, 0.05) is 125 Å². The second kappa shape index (κ2) is 51.1. The zero-order valence-electron chi connectivity index (χ0n) is 77.1. The van der Waals surface area contributed by atoms with Gasteiger partial charge in [-0.2, -0.15) is 0 Å². The van der Waals surface area contributed by atoms with Crippen LogP contribution in [-0.4, -0.2) is 312 Å². The summed E-state index contributed by atoms with van der Waals surface area (Å²) in [5, 5.41) is 59.7. The summed E-state index contributed by atoms with van der Waals surface area (Å²) in [5.74, 6) is -17.5. The molecule has 732 valence electrons. The number of aromatic hydroxyl groups is 1. The third-order valence-electron chi connectivity index (χ3n) is 23.8. The van der Waals surface area contributed by atoms with Gasteiger partial charge in [0.15, 0.2) is 5.96 Å². The quantitative estimate of drug-likeness (QED) is 0.0155. The number of H-pyrrole nitrogens is 3. The number of nitrogens with two attached hydrogens (primary N) is 3. The number of aliphatic hydroxyl groups is 1. The van der Waals surface area contributed by atoms with Gasteiger partial charge in [-0.15, -0.1) is 11.8 Å². The average Bonchev–Trinajstić information content (AvgIpc) is 1.64. The highest BCUT2D eigenvalue weighted by Crippen LogP contribution is 2.27. The van der Waals surface area contributed by atoms with Crippen LogP contribution in [0.15, 0.2) is 128 Å². The van der Waals surface area contributed by atoms with E-state index in [0.29, 0.717) is 75.4 Å². The third-order valence-corrected chi connectivity index (χ3v) is 24.8. The maximum absolute atomic E-state index is 15.7. The van der Waals surface area contributed by atoms with Crippen molar-refractivity contribution in [1.29, 1.82) is 5.41 Å². The highest BCUT2D eigenvalue weighted by Gasteiger charge is 2.44. The van der Waals surface area contributed by atoms with Crippen molar-refractivity contribution in [3.05, 3.63) is 156 Å². The first-order chi connectivity index (χ1) is 65.0. The molecule has 2 aliphatic rings. The molecule has 7 aromatic rings. The number of carbonyl (C=O) groups excluding carboxylic acids is 17. The van der Waals surface area contributed by atoms with Crippen LogP contribution in [0.4, 0.5) is 0 Å². The number of aliphatic hydroxyl groups excluding tert-OH is 1. The number of primary amides is 2. The van der Waals surface area contributed by atoms with E-state index < -0.39 is 223 Å². The monoisotopic (exact) mass is 1900 g/mol. The number of aromatic amines is 3.